The Bertz CT molecular complexity index is 833. The molecule has 0 amide bonds. The quantitative estimate of drug-likeness (QED) is 0.736. The monoisotopic (exact) mass is 322 g/mol. The van der Waals surface area contributed by atoms with E-state index in [0.29, 0.717) is 17.5 Å². The smallest absolute Gasteiger partial charge is 0.217 e. The molecule has 4 heterocycles. The van der Waals surface area contributed by atoms with Gasteiger partial charge in [-0.2, -0.15) is 0 Å². The predicted molar refractivity (Wildman–Crippen MR) is 88.3 cm³/mol. The molecule has 4 rings (SSSR count). The Morgan fingerprint density at radius 1 is 1.25 bits per heavy atom. The zero-order valence-electron chi connectivity index (χ0n) is 13.5. The van der Waals surface area contributed by atoms with E-state index in [1.165, 1.54) is 5.56 Å². The van der Waals surface area contributed by atoms with Gasteiger partial charge in [-0.1, -0.05) is 6.07 Å². The van der Waals surface area contributed by atoms with Gasteiger partial charge in [0.05, 0.1) is 19.1 Å². The summed E-state index contributed by atoms with van der Waals surface area (Å²) in [6.45, 7) is 2.57. The molecule has 122 valence electrons. The molecule has 0 aliphatic carbocycles. The molecular weight excluding hydrogens is 304 g/mol. The molecule has 0 aromatic carbocycles. The summed E-state index contributed by atoms with van der Waals surface area (Å²) < 4.78 is 10.7. The van der Waals surface area contributed by atoms with Crippen LogP contribution in [0.1, 0.15) is 16.8 Å². The topological polar surface area (TPSA) is 64.3 Å². The maximum Gasteiger partial charge on any atom is 0.217 e. The summed E-state index contributed by atoms with van der Waals surface area (Å²) in [6.07, 6.45) is 6.19. The van der Waals surface area contributed by atoms with Crippen LogP contribution in [-0.2, 0) is 19.5 Å². The predicted octanol–water partition coefficient (Wildman–Crippen LogP) is 2.70. The van der Waals surface area contributed by atoms with Gasteiger partial charge in [-0.3, -0.25) is 4.90 Å². The fourth-order valence-corrected chi connectivity index (χ4v) is 3.00. The number of rotatable bonds is 4. The third-order valence-electron chi connectivity index (χ3n) is 4.19. The van der Waals surface area contributed by atoms with Crippen LogP contribution < -0.4 is 4.74 Å². The summed E-state index contributed by atoms with van der Waals surface area (Å²) in [5.41, 5.74) is 3.36. The van der Waals surface area contributed by atoms with Gasteiger partial charge in [0, 0.05) is 49.6 Å². The summed E-state index contributed by atoms with van der Waals surface area (Å²) >= 11 is 0. The van der Waals surface area contributed by atoms with Crippen molar-refractivity contribution in [3.05, 3.63) is 59.7 Å². The summed E-state index contributed by atoms with van der Waals surface area (Å²) in [4.78, 5) is 15.7. The Balaban J connectivity index is 1.52. The molecule has 6 heteroatoms. The van der Waals surface area contributed by atoms with E-state index >= 15 is 0 Å². The number of fused-ring (bicyclic) bond motifs is 1. The number of nitrogens with zero attached hydrogens (tertiary/aromatic N) is 4. The van der Waals surface area contributed by atoms with Gasteiger partial charge in [0.2, 0.25) is 5.88 Å². The Morgan fingerprint density at radius 3 is 3.04 bits per heavy atom. The van der Waals surface area contributed by atoms with Crippen LogP contribution in [0.3, 0.4) is 0 Å². The second-order valence-corrected chi connectivity index (χ2v) is 5.78. The zero-order valence-corrected chi connectivity index (χ0v) is 13.5. The van der Waals surface area contributed by atoms with Crippen molar-refractivity contribution in [1.82, 2.24) is 19.9 Å². The van der Waals surface area contributed by atoms with Crippen LogP contribution in [-0.4, -0.2) is 33.5 Å². The molecular formula is C18H18N4O2. The van der Waals surface area contributed by atoms with Crippen molar-refractivity contribution < 1.29 is 9.15 Å². The van der Waals surface area contributed by atoms with Crippen molar-refractivity contribution in [2.45, 2.75) is 19.5 Å². The average Bonchev–Trinajstić information content (AvgIpc) is 3.16. The minimum absolute atomic E-state index is 0.654. The lowest BCUT2D eigenvalue weighted by Gasteiger charge is -2.28. The first-order chi connectivity index (χ1) is 11.8. The first-order valence-electron chi connectivity index (χ1n) is 7.92. The summed E-state index contributed by atoms with van der Waals surface area (Å²) in [7, 11) is 1.65. The number of methoxy groups -OCH3 is 1. The van der Waals surface area contributed by atoms with E-state index in [9.17, 15) is 0 Å². The lowest BCUT2D eigenvalue weighted by molar-refractivity contribution is 0.238. The molecule has 0 fully saturated rings. The third kappa shape index (κ3) is 2.88. The third-order valence-corrected chi connectivity index (χ3v) is 4.19. The molecule has 3 aromatic heterocycles. The fourth-order valence-electron chi connectivity index (χ4n) is 3.00. The van der Waals surface area contributed by atoms with E-state index in [1.54, 1.807) is 19.6 Å². The second-order valence-electron chi connectivity index (χ2n) is 5.78. The van der Waals surface area contributed by atoms with Crippen molar-refractivity contribution >= 4 is 0 Å². The minimum atomic E-state index is 0.654. The molecule has 0 N–H and O–H groups in total. The Morgan fingerprint density at radius 2 is 2.21 bits per heavy atom. The van der Waals surface area contributed by atoms with E-state index in [2.05, 4.69) is 25.9 Å². The van der Waals surface area contributed by atoms with Crippen LogP contribution in [0.4, 0.5) is 0 Å². The molecule has 0 saturated heterocycles. The summed E-state index contributed by atoms with van der Waals surface area (Å²) in [5, 5.41) is 0. The number of hydrogen-bond acceptors (Lipinski definition) is 6. The highest BCUT2D eigenvalue weighted by Crippen LogP contribution is 2.24. The second kappa shape index (κ2) is 6.41. The van der Waals surface area contributed by atoms with Gasteiger partial charge in [0.25, 0.3) is 0 Å². The fraction of sp³-hybridized carbons (Fsp3) is 0.278. The maximum atomic E-state index is 5.38. The van der Waals surface area contributed by atoms with Crippen LogP contribution in [0.25, 0.3) is 11.6 Å². The van der Waals surface area contributed by atoms with Crippen LogP contribution in [0, 0.1) is 0 Å². The molecule has 0 spiro atoms. The maximum absolute atomic E-state index is 5.38. The number of aromatic nitrogens is 3. The van der Waals surface area contributed by atoms with Crippen molar-refractivity contribution in [1.29, 1.82) is 0 Å². The first kappa shape index (κ1) is 14.8. The van der Waals surface area contributed by atoms with Gasteiger partial charge in [0.1, 0.15) is 0 Å². The Hall–Kier alpha value is -2.73. The van der Waals surface area contributed by atoms with E-state index in [0.717, 1.165) is 37.3 Å². The standard InChI is InChI=1S/C18H18N4O2/c1-23-18-13(4-2-7-19-18)11-22-8-6-15-14(12-22)10-20-17(21-15)16-5-3-9-24-16/h2-5,7,9-10H,6,8,11-12H2,1H3. The molecule has 1 aliphatic heterocycles. The Kier molecular flexibility index (Phi) is 3.96. The molecule has 0 bridgehead atoms. The lowest BCUT2D eigenvalue weighted by atomic mass is 10.1. The summed E-state index contributed by atoms with van der Waals surface area (Å²) in [6, 6.07) is 7.72. The number of hydrogen-bond donors (Lipinski definition) is 0. The SMILES string of the molecule is COc1ncccc1CN1CCc2nc(-c3ccco3)ncc2C1. The van der Waals surface area contributed by atoms with Crippen LogP contribution in [0.5, 0.6) is 5.88 Å². The van der Waals surface area contributed by atoms with Crippen molar-refractivity contribution in [2.75, 3.05) is 13.7 Å². The van der Waals surface area contributed by atoms with E-state index in [-0.39, 0.29) is 0 Å². The first-order valence-corrected chi connectivity index (χ1v) is 7.92. The van der Waals surface area contributed by atoms with E-state index in [4.69, 9.17) is 9.15 Å². The highest BCUT2D eigenvalue weighted by Gasteiger charge is 2.20. The van der Waals surface area contributed by atoms with Crippen LogP contribution in [0.2, 0.25) is 0 Å². The zero-order chi connectivity index (χ0) is 16.4. The van der Waals surface area contributed by atoms with Crippen LogP contribution in [0.15, 0.2) is 47.3 Å². The highest BCUT2D eigenvalue weighted by atomic mass is 16.5. The molecule has 0 radical (unpaired) electrons. The summed E-state index contributed by atoms with van der Waals surface area (Å²) in [5.74, 6) is 2.05. The minimum Gasteiger partial charge on any atom is -0.481 e. The van der Waals surface area contributed by atoms with Crippen molar-refractivity contribution in [3.8, 4) is 17.5 Å². The molecule has 3 aromatic rings. The molecule has 0 saturated carbocycles. The Labute approximate surface area is 140 Å². The number of furan rings is 1. The molecule has 1 aliphatic rings. The molecule has 6 nitrogen and oxygen atoms in total. The molecule has 0 atom stereocenters. The van der Waals surface area contributed by atoms with Crippen LogP contribution >= 0.6 is 0 Å². The van der Waals surface area contributed by atoms with Gasteiger partial charge >= 0.3 is 0 Å². The van der Waals surface area contributed by atoms with Crippen molar-refractivity contribution in [3.63, 3.8) is 0 Å². The number of pyridine rings is 1. The van der Waals surface area contributed by atoms with Gasteiger partial charge in [0.15, 0.2) is 11.6 Å². The van der Waals surface area contributed by atoms with Gasteiger partial charge < -0.3 is 9.15 Å². The van der Waals surface area contributed by atoms with E-state index < -0.39 is 0 Å². The average molecular weight is 322 g/mol. The lowest BCUT2D eigenvalue weighted by Crippen LogP contribution is -2.31. The highest BCUT2D eigenvalue weighted by molar-refractivity contribution is 5.47. The number of ether oxygens (including phenoxy) is 1. The molecule has 24 heavy (non-hydrogen) atoms. The molecule has 0 unspecified atom stereocenters. The van der Waals surface area contributed by atoms with Gasteiger partial charge in [-0.05, 0) is 18.2 Å². The van der Waals surface area contributed by atoms with Gasteiger partial charge in [-0.15, -0.1) is 0 Å². The van der Waals surface area contributed by atoms with E-state index in [1.807, 2.05) is 24.4 Å². The normalized spacial score (nSPS) is 14.4. The van der Waals surface area contributed by atoms with Gasteiger partial charge in [-0.25, -0.2) is 15.0 Å². The van der Waals surface area contributed by atoms with Crippen molar-refractivity contribution in [2.24, 2.45) is 0 Å². The largest absolute Gasteiger partial charge is 0.481 e.